The van der Waals surface area contributed by atoms with Crippen LogP contribution in [0.2, 0.25) is 5.02 Å². The molecular formula is C16H21ClN2O. The van der Waals surface area contributed by atoms with Gasteiger partial charge in [-0.2, -0.15) is 0 Å². The van der Waals surface area contributed by atoms with E-state index in [4.69, 9.17) is 11.6 Å². The number of benzene rings is 1. The van der Waals surface area contributed by atoms with Crippen LogP contribution in [-0.2, 0) is 0 Å². The molecule has 1 amide bonds. The Balaban J connectivity index is 1.64. The van der Waals surface area contributed by atoms with E-state index in [0.717, 1.165) is 24.9 Å². The van der Waals surface area contributed by atoms with Gasteiger partial charge in [0, 0.05) is 22.2 Å². The van der Waals surface area contributed by atoms with E-state index in [1.807, 2.05) is 19.1 Å². The number of nitrogens with one attached hydrogen (secondary N) is 2. The van der Waals surface area contributed by atoms with E-state index in [1.54, 1.807) is 6.07 Å². The zero-order chi connectivity index (χ0) is 14.2. The monoisotopic (exact) mass is 292 g/mol. The highest BCUT2D eigenvalue weighted by atomic mass is 35.5. The second-order valence-corrected chi connectivity index (χ2v) is 6.60. The molecule has 108 valence electrons. The average Bonchev–Trinajstić information content (AvgIpc) is 2.40. The molecule has 1 heterocycles. The van der Waals surface area contributed by atoms with Gasteiger partial charge in [-0.15, -0.1) is 0 Å². The number of carbonyl (C=O) groups excluding carboxylic acids is 1. The highest BCUT2D eigenvalue weighted by molar-refractivity contribution is 6.31. The third kappa shape index (κ3) is 2.70. The second-order valence-electron chi connectivity index (χ2n) is 6.19. The predicted molar refractivity (Wildman–Crippen MR) is 81.3 cm³/mol. The lowest BCUT2D eigenvalue weighted by Gasteiger charge is -2.48. The first-order valence-corrected chi connectivity index (χ1v) is 7.78. The van der Waals surface area contributed by atoms with Crippen molar-refractivity contribution >= 4 is 17.5 Å². The minimum Gasteiger partial charge on any atom is -0.349 e. The van der Waals surface area contributed by atoms with Crippen molar-refractivity contribution < 1.29 is 4.79 Å². The van der Waals surface area contributed by atoms with E-state index in [1.165, 1.54) is 19.3 Å². The molecular weight excluding hydrogens is 272 g/mol. The summed E-state index contributed by atoms with van der Waals surface area (Å²) in [5, 5.41) is 7.44. The van der Waals surface area contributed by atoms with Gasteiger partial charge < -0.3 is 10.6 Å². The normalized spacial score (nSPS) is 24.2. The van der Waals surface area contributed by atoms with Gasteiger partial charge in [-0.25, -0.2) is 0 Å². The number of aryl methyl sites for hydroxylation is 1. The first kappa shape index (κ1) is 13.9. The fourth-order valence-corrected chi connectivity index (χ4v) is 3.45. The van der Waals surface area contributed by atoms with Gasteiger partial charge in [0.2, 0.25) is 0 Å². The largest absolute Gasteiger partial charge is 0.349 e. The zero-order valence-electron chi connectivity index (χ0n) is 11.8. The van der Waals surface area contributed by atoms with Crippen molar-refractivity contribution in [2.45, 2.75) is 50.6 Å². The van der Waals surface area contributed by atoms with Crippen LogP contribution in [0.25, 0.3) is 0 Å². The third-order valence-electron chi connectivity index (χ3n) is 4.71. The molecule has 0 bridgehead atoms. The van der Waals surface area contributed by atoms with Crippen molar-refractivity contribution in [1.82, 2.24) is 10.6 Å². The molecule has 1 unspecified atom stereocenters. The number of piperidine rings is 1. The SMILES string of the molecule is Cc1ccc(C(=O)NC2CCNC3(CCC3)C2)cc1Cl. The van der Waals surface area contributed by atoms with E-state index in [0.29, 0.717) is 16.1 Å². The quantitative estimate of drug-likeness (QED) is 0.880. The minimum atomic E-state index is -0.00623. The topological polar surface area (TPSA) is 41.1 Å². The molecule has 4 heteroatoms. The first-order valence-electron chi connectivity index (χ1n) is 7.40. The van der Waals surface area contributed by atoms with Crippen molar-refractivity contribution in [1.29, 1.82) is 0 Å². The fraction of sp³-hybridized carbons (Fsp3) is 0.562. The van der Waals surface area contributed by atoms with Gasteiger partial charge in [-0.1, -0.05) is 17.7 Å². The highest BCUT2D eigenvalue weighted by Gasteiger charge is 2.41. The molecule has 1 aromatic rings. The van der Waals surface area contributed by atoms with E-state index in [-0.39, 0.29) is 11.9 Å². The molecule has 1 atom stereocenters. The lowest BCUT2D eigenvalue weighted by molar-refractivity contribution is 0.0853. The van der Waals surface area contributed by atoms with E-state index in [9.17, 15) is 4.79 Å². The Hall–Kier alpha value is -1.06. The van der Waals surface area contributed by atoms with Gasteiger partial charge in [0.1, 0.15) is 0 Å². The van der Waals surface area contributed by atoms with Crippen LogP contribution < -0.4 is 10.6 Å². The van der Waals surface area contributed by atoms with Gasteiger partial charge in [-0.05, 0) is 63.3 Å². The summed E-state index contributed by atoms with van der Waals surface area (Å²) in [5.74, 6) is -0.00623. The molecule has 0 radical (unpaired) electrons. The van der Waals surface area contributed by atoms with Crippen molar-refractivity contribution in [2.24, 2.45) is 0 Å². The van der Waals surface area contributed by atoms with Crippen molar-refractivity contribution in [3.8, 4) is 0 Å². The van der Waals surface area contributed by atoms with Gasteiger partial charge in [-0.3, -0.25) is 4.79 Å². The number of hydrogen-bond donors (Lipinski definition) is 2. The van der Waals surface area contributed by atoms with Crippen LogP contribution in [0.4, 0.5) is 0 Å². The smallest absolute Gasteiger partial charge is 0.251 e. The molecule has 0 aromatic heterocycles. The van der Waals surface area contributed by atoms with Gasteiger partial charge >= 0.3 is 0 Å². The number of carbonyl (C=O) groups is 1. The summed E-state index contributed by atoms with van der Waals surface area (Å²) in [6, 6.07) is 5.78. The summed E-state index contributed by atoms with van der Waals surface area (Å²) in [6.45, 7) is 2.94. The van der Waals surface area contributed by atoms with Crippen molar-refractivity contribution in [2.75, 3.05) is 6.54 Å². The second kappa shape index (κ2) is 5.38. The van der Waals surface area contributed by atoms with Gasteiger partial charge in [0.05, 0.1) is 0 Å². The average molecular weight is 293 g/mol. The highest BCUT2D eigenvalue weighted by Crippen LogP contribution is 2.38. The molecule has 3 rings (SSSR count). The van der Waals surface area contributed by atoms with Crippen LogP contribution in [-0.4, -0.2) is 24.0 Å². The molecule has 1 aliphatic heterocycles. The molecule has 3 nitrogen and oxygen atoms in total. The van der Waals surface area contributed by atoms with Crippen LogP contribution >= 0.6 is 11.6 Å². The van der Waals surface area contributed by atoms with Crippen LogP contribution in [0.3, 0.4) is 0 Å². The molecule has 2 fully saturated rings. The lowest BCUT2D eigenvalue weighted by Crippen LogP contribution is -2.59. The predicted octanol–water partition coefficient (Wildman–Crippen LogP) is 3.05. The van der Waals surface area contributed by atoms with Crippen molar-refractivity contribution in [3.05, 3.63) is 34.3 Å². The molecule has 2 aliphatic rings. The Morgan fingerprint density at radius 2 is 2.25 bits per heavy atom. The van der Waals surface area contributed by atoms with Crippen LogP contribution in [0.15, 0.2) is 18.2 Å². The maximum atomic E-state index is 12.3. The van der Waals surface area contributed by atoms with Gasteiger partial charge in [0.15, 0.2) is 0 Å². The minimum absolute atomic E-state index is 0.00623. The summed E-state index contributed by atoms with van der Waals surface area (Å²) in [5.41, 5.74) is 1.96. The molecule has 1 aromatic carbocycles. The Morgan fingerprint density at radius 3 is 2.90 bits per heavy atom. The molecule has 1 saturated carbocycles. The van der Waals surface area contributed by atoms with E-state index in [2.05, 4.69) is 10.6 Å². The summed E-state index contributed by atoms with van der Waals surface area (Å²) in [6.07, 6.45) is 5.86. The first-order chi connectivity index (χ1) is 9.58. The van der Waals surface area contributed by atoms with Crippen LogP contribution in [0.5, 0.6) is 0 Å². The standard InChI is InChI=1S/C16H21ClN2O/c1-11-3-4-12(9-14(11)17)15(20)19-13-5-8-18-16(10-13)6-2-7-16/h3-4,9,13,18H,2,5-8,10H2,1H3,(H,19,20). The van der Waals surface area contributed by atoms with Crippen molar-refractivity contribution in [3.63, 3.8) is 0 Å². The fourth-order valence-electron chi connectivity index (χ4n) is 3.27. The maximum absolute atomic E-state index is 12.3. The van der Waals surface area contributed by atoms with Crippen LogP contribution in [0.1, 0.15) is 48.0 Å². The molecule has 1 aliphatic carbocycles. The Labute approximate surface area is 125 Å². The summed E-state index contributed by atoms with van der Waals surface area (Å²) < 4.78 is 0. The van der Waals surface area contributed by atoms with Gasteiger partial charge in [0.25, 0.3) is 5.91 Å². The summed E-state index contributed by atoms with van der Waals surface area (Å²) in [4.78, 5) is 12.3. The number of hydrogen-bond acceptors (Lipinski definition) is 2. The molecule has 1 spiro atoms. The lowest BCUT2D eigenvalue weighted by atomic mass is 9.70. The molecule has 1 saturated heterocycles. The molecule has 20 heavy (non-hydrogen) atoms. The molecule has 2 N–H and O–H groups in total. The van der Waals surface area contributed by atoms with E-state index >= 15 is 0 Å². The third-order valence-corrected chi connectivity index (χ3v) is 5.12. The number of rotatable bonds is 2. The summed E-state index contributed by atoms with van der Waals surface area (Å²) in [7, 11) is 0. The summed E-state index contributed by atoms with van der Waals surface area (Å²) >= 11 is 6.09. The number of amides is 1. The van der Waals surface area contributed by atoms with Crippen LogP contribution in [0, 0.1) is 6.92 Å². The Kier molecular flexibility index (Phi) is 3.74. The Morgan fingerprint density at radius 1 is 1.45 bits per heavy atom. The Bertz CT molecular complexity index is 525. The zero-order valence-corrected chi connectivity index (χ0v) is 12.6. The van der Waals surface area contributed by atoms with E-state index < -0.39 is 0 Å². The maximum Gasteiger partial charge on any atom is 0.251 e. The number of halogens is 1.